The second-order valence-corrected chi connectivity index (χ2v) is 4.91. The normalized spacial score (nSPS) is 9.73. The van der Waals surface area contributed by atoms with Gasteiger partial charge in [0.1, 0.15) is 0 Å². The number of carboxylic acids is 2. The summed E-state index contributed by atoms with van der Waals surface area (Å²) in [5, 5.41) is 16.1. The fourth-order valence-corrected chi connectivity index (χ4v) is 1.57. The summed E-state index contributed by atoms with van der Waals surface area (Å²) < 4.78 is 0. The van der Waals surface area contributed by atoms with Crippen LogP contribution in [0.4, 0.5) is 0 Å². The van der Waals surface area contributed by atoms with Crippen LogP contribution in [0.2, 0.25) is 0 Å². The van der Waals surface area contributed by atoms with Crippen LogP contribution in [0.25, 0.3) is 0 Å². The zero-order chi connectivity index (χ0) is 16.3. The molecule has 0 aromatic carbocycles. The first-order valence-corrected chi connectivity index (χ1v) is 7.96. The van der Waals surface area contributed by atoms with Gasteiger partial charge in [-0.25, -0.2) is 0 Å². The van der Waals surface area contributed by atoms with Crippen LogP contribution in [-0.2, 0) is 9.59 Å². The molecule has 5 nitrogen and oxygen atoms in total. The maximum absolute atomic E-state index is 10.2. The van der Waals surface area contributed by atoms with Crippen LogP contribution >= 0.6 is 0 Å². The Bertz CT molecular complexity index is 289. The molecule has 0 unspecified atom stereocenters. The Hall–Kier alpha value is -0.390. The van der Waals surface area contributed by atoms with Crippen LogP contribution in [-0.4, -0.2) is 34.9 Å². The fourth-order valence-electron chi connectivity index (χ4n) is 1.57. The largest absolute Gasteiger partial charge is 1.00 e. The Morgan fingerprint density at radius 2 is 1.36 bits per heavy atom. The van der Waals surface area contributed by atoms with Crippen molar-refractivity contribution in [1.82, 2.24) is 0 Å². The number of hydrogen-bond donors (Lipinski definition) is 2. The molecule has 0 aromatic rings. The molecule has 0 atom stereocenters. The second kappa shape index (κ2) is 22.9. The van der Waals surface area contributed by atoms with Gasteiger partial charge in [0.2, 0.25) is 0 Å². The number of rotatable bonds is 12. The quantitative estimate of drug-likeness (QED) is 0.321. The summed E-state index contributed by atoms with van der Waals surface area (Å²) in [7, 11) is 0. The zero-order valence-electron chi connectivity index (χ0n) is 15.5. The maximum Gasteiger partial charge on any atom is 1.00 e. The standard InChI is InChI=1S/C13H25NO2.C3H6O2.Na.H/c1-2-3-4-5-6-7-8-9-11-14-12-10-13(15)16;1-2-3(4)5;;/h12H,2-11H2,1H3,(H,15,16);2H2,1H3,(H,4,5);;/q;;+1;-1. The van der Waals surface area contributed by atoms with Crippen molar-refractivity contribution in [2.45, 2.75) is 78.1 Å². The Morgan fingerprint density at radius 1 is 0.909 bits per heavy atom. The van der Waals surface area contributed by atoms with Crippen molar-refractivity contribution in [2.75, 3.05) is 6.54 Å². The molecular weight excluding hydrogens is 293 g/mol. The Labute approximate surface area is 158 Å². The topological polar surface area (TPSA) is 87.0 Å². The van der Waals surface area contributed by atoms with Gasteiger partial charge in [0, 0.05) is 19.2 Å². The van der Waals surface area contributed by atoms with Gasteiger partial charge in [0.15, 0.2) is 0 Å². The average molecular weight is 325 g/mol. The van der Waals surface area contributed by atoms with Crippen molar-refractivity contribution in [1.29, 1.82) is 0 Å². The van der Waals surface area contributed by atoms with E-state index < -0.39 is 11.9 Å². The fraction of sp³-hybridized carbons (Fsp3) is 0.812. The molecule has 0 aliphatic carbocycles. The molecule has 0 heterocycles. The summed E-state index contributed by atoms with van der Waals surface area (Å²) in [6, 6.07) is 0. The number of hydrogen-bond acceptors (Lipinski definition) is 3. The van der Waals surface area contributed by atoms with Crippen molar-refractivity contribution >= 4 is 18.2 Å². The van der Waals surface area contributed by atoms with E-state index in [9.17, 15) is 9.59 Å². The van der Waals surface area contributed by atoms with Crippen LogP contribution in [0.1, 0.15) is 79.5 Å². The molecule has 2 N–H and O–H groups in total. The smallest absolute Gasteiger partial charge is 1.00 e. The van der Waals surface area contributed by atoms with Gasteiger partial charge in [-0.2, -0.15) is 0 Å². The van der Waals surface area contributed by atoms with Crippen LogP contribution in [0.5, 0.6) is 0 Å². The van der Waals surface area contributed by atoms with E-state index in [4.69, 9.17) is 10.2 Å². The molecule has 0 rings (SSSR count). The number of nitrogens with zero attached hydrogens (tertiary/aromatic N) is 1. The van der Waals surface area contributed by atoms with E-state index in [1.165, 1.54) is 51.2 Å². The number of carbonyl (C=O) groups is 2. The van der Waals surface area contributed by atoms with Crippen LogP contribution in [0.3, 0.4) is 0 Å². The molecule has 0 aromatic heterocycles. The van der Waals surface area contributed by atoms with Crippen molar-refractivity contribution in [3.05, 3.63) is 0 Å². The molecule has 22 heavy (non-hydrogen) atoms. The summed E-state index contributed by atoms with van der Waals surface area (Å²) >= 11 is 0. The second-order valence-electron chi connectivity index (χ2n) is 4.91. The zero-order valence-corrected chi connectivity index (χ0v) is 16.5. The molecule has 0 aliphatic heterocycles. The van der Waals surface area contributed by atoms with Crippen LogP contribution in [0.15, 0.2) is 4.99 Å². The van der Waals surface area contributed by atoms with Gasteiger partial charge in [-0.1, -0.05) is 58.8 Å². The third-order valence-electron chi connectivity index (χ3n) is 2.84. The SMILES string of the molecule is CCC(=O)O.CCCCCCCCCCN=CCC(=O)O.[H-].[Na+]. The molecule has 0 bridgehead atoms. The van der Waals surface area contributed by atoms with Crippen molar-refractivity contribution < 1.29 is 50.8 Å². The van der Waals surface area contributed by atoms with Crippen LogP contribution in [0, 0.1) is 0 Å². The Morgan fingerprint density at radius 3 is 1.77 bits per heavy atom. The minimum Gasteiger partial charge on any atom is -1.00 e. The molecule has 0 aliphatic rings. The molecule has 6 heteroatoms. The van der Waals surface area contributed by atoms with E-state index in [1.54, 1.807) is 6.92 Å². The Balaban J connectivity index is -0.000000225. The van der Waals surface area contributed by atoms with Crippen molar-refractivity contribution in [3.8, 4) is 0 Å². The number of aliphatic carboxylic acids is 2. The molecule has 0 saturated carbocycles. The minimum atomic E-state index is -0.806. The average Bonchev–Trinajstić information content (AvgIpc) is 2.45. The predicted octanol–water partition coefficient (Wildman–Crippen LogP) is 1.27. The predicted molar refractivity (Wildman–Crippen MR) is 87.3 cm³/mol. The Kier molecular flexibility index (Phi) is 27.6. The van der Waals surface area contributed by atoms with Gasteiger partial charge in [0.05, 0.1) is 6.42 Å². The van der Waals surface area contributed by atoms with E-state index in [1.807, 2.05) is 0 Å². The number of aliphatic imine (C=N–C) groups is 1. The van der Waals surface area contributed by atoms with Gasteiger partial charge < -0.3 is 11.6 Å². The minimum absolute atomic E-state index is 0. The molecular formula is C16H32NNaO4. The first-order valence-electron chi connectivity index (χ1n) is 7.96. The van der Waals surface area contributed by atoms with Gasteiger partial charge in [-0.3, -0.25) is 14.6 Å². The molecule has 0 saturated heterocycles. The van der Waals surface area contributed by atoms with Crippen molar-refractivity contribution in [3.63, 3.8) is 0 Å². The first-order chi connectivity index (χ1) is 10.0. The summed E-state index contributed by atoms with van der Waals surface area (Å²) in [6.07, 6.45) is 12.1. The van der Waals surface area contributed by atoms with E-state index in [2.05, 4.69) is 11.9 Å². The number of unbranched alkanes of at least 4 members (excludes halogenated alkanes) is 7. The van der Waals surface area contributed by atoms with E-state index >= 15 is 0 Å². The van der Waals surface area contributed by atoms with Gasteiger partial charge in [0.25, 0.3) is 0 Å². The van der Waals surface area contributed by atoms with E-state index in [0.717, 1.165) is 13.0 Å². The van der Waals surface area contributed by atoms with E-state index in [-0.39, 0.29) is 43.8 Å². The van der Waals surface area contributed by atoms with Gasteiger partial charge in [-0.05, 0) is 6.42 Å². The maximum atomic E-state index is 10.2. The first kappa shape index (κ1) is 26.5. The van der Waals surface area contributed by atoms with E-state index in [0.29, 0.717) is 0 Å². The summed E-state index contributed by atoms with van der Waals surface area (Å²) in [6.45, 7) is 4.61. The summed E-state index contributed by atoms with van der Waals surface area (Å²) in [5.74, 6) is -1.55. The monoisotopic (exact) mass is 325 g/mol. The molecule has 0 spiro atoms. The summed E-state index contributed by atoms with van der Waals surface area (Å²) in [4.78, 5) is 23.6. The molecule has 0 amide bonds. The molecule has 0 fully saturated rings. The van der Waals surface area contributed by atoms with Gasteiger partial charge >= 0.3 is 41.5 Å². The molecule has 126 valence electrons. The molecule has 0 radical (unpaired) electrons. The van der Waals surface area contributed by atoms with Gasteiger partial charge in [-0.15, -0.1) is 0 Å². The summed E-state index contributed by atoms with van der Waals surface area (Å²) in [5.41, 5.74) is 0. The number of carboxylic acid groups (broad SMARTS) is 2. The van der Waals surface area contributed by atoms with Crippen LogP contribution < -0.4 is 29.6 Å². The third kappa shape index (κ3) is 31.8. The van der Waals surface area contributed by atoms with Crippen molar-refractivity contribution in [2.24, 2.45) is 4.99 Å². The third-order valence-corrected chi connectivity index (χ3v) is 2.84.